The molecular weight excluding hydrogens is 755 g/mol. The van der Waals surface area contributed by atoms with Crippen molar-refractivity contribution in [2.24, 2.45) is 23.1 Å². The number of piperazine rings is 1. The van der Waals surface area contributed by atoms with Crippen molar-refractivity contribution in [2.75, 3.05) is 32.7 Å². The SMILES string of the molecule is CC(C)CC(NC(=O)C(Cc1ccccc1)NC(=O)C(N)Cc1ccccc1)C(=O)NC(CCCCN)C(=O)N1C2CC1CN(CC(=O)NCCCCC(N)C(=O)O)C2. The molecule has 7 atom stereocenters. The fourth-order valence-corrected chi connectivity index (χ4v) is 7.76. The lowest BCUT2D eigenvalue weighted by molar-refractivity contribution is -0.158. The Morgan fingerprint density at radius 3 is 1.86 bits per heavy atom. The molecule has 0 aliphatic carbocycles. The fraction of sp³-hybridized carbons (Fsp3) is 0.581. The van der Waals surface area contributed by atoms with Gasteiger partial charge in [-0.3, -0.25) is 33.7 Å². The van der Waals surface area contributed by atoms with Crippen molar-refractivity contribution in [3.8, 4) is 0 Å². The molecule has 0 saturated carbocycles. The summed E-state index contributed by atoms with van der Waals surface area (Å²) >= 11 is 0. The first-order valence-corrected chi connectivity index (χ1v) is 21.0. The second kappa shape index (κ2) is 23.6. The van der Waals surface area contributed by atoms with Gasteiger partial charge in [0, 0.05) is 38.1 Å². The zero-order valence-corrected chi connectivity index (χ0v) is 34.5. The molecule has 5 amide bonds. The maximum Gasteiger partial charge on any atom is 0.320 e. The van der Waals surface area contributed by atoms with E-state index in [2.05, 4.69) is 21.3 Å². The van der Waals surface area contributed by atoms with Crippen molar-refractivity contribution >= 4 is 35.5 Å². The quantitative estimate of drug-likeness (QED) is 0.0637. The number of carbonyl (C=O) groups is 6. The molecule has 2 fully saturated rings. The molecule has 0 aromatic heterocycles. The Morgan fingerprint density at radius 1 is 0.712 bits per heavy atom. The van der Waals surface area contributed by atoms with Crippen LogP contribution >= 0.6 is 0 Å². The molecule has 2 heterocycles. The number of likely N-dealkylation sites (tertiary alicyclic amines) is 2. The van der Waals surface area contributed by atoms with Gasteiger partial charge in [0.2, 0.25) is 29.5 Å². The van der Waals surface area contributed by atoms with Gasteiger partial charge in [-0.25, -0.2) is 0 Å². The van der Waals surface area contributed by atoms with Gasteiger partial charge in [-0.1, -0.05) is 74.5 Å². The van der Waals surface area contributed by atoms with Crippen LogP contribution in [0.1, 0.15) is 76.3 Å². The summed E-state index contributed by atoms with van der Waals surface area (Å²) in [6.07, 6.45) is 4.74. The number of piperidine rings is 1. The minimum atomic E-state index is -1.04. The first-order chi connectivity index (χ1) is 28.2. The maximum absolute atomic E-state index is 14.2. The van der Waals surface area contributed by atoms with Gasteiger partial charge in [0.05, 0.1) is 12.6 Å². The number of aliphatic carboxylic acids is 1. The van der Waals surface area contributed by atoms with E-state index in [1.54, 1.807) is 0 Å². The first kappa shape index (κ1) is 46.8. The summed E-state index contributed by atoms with van der Waals surface area (Å²) in [6.45, 7) is 5.95. The molecule has 7 unspecified atom stereocenters. The highest BCUT2D eigenvalue weighted by molar-refractivity contribution is 5.95. The van der Waals surface area contributed by atoms with E-state index in [1.165, 1.54) is 0 Å². The van der Waals surface area contributed by atoms with Gasteiger partial charge in [0.15, 0.2) is 0 Å². The van der Waals surface area contributed by atoms with E-state index in [0.717, 1.165) is 17.5 Å². The standard InChI is InChI=1S/C43H65N9O7/c1-28(2)21-36(50-41(56)37(23-30-15-7-4-8-16-30)49-39(54)34(46)22-29-13-5-3-6-14-29)40(55)48-35(18-9-11-19-44)42(57)52-31-24-32(52)26-51(25-31)27-38(53)47-20-12-10-17-33(45)43(58)59/h3-8,13-16,28,31-37H,9-12,17-27,44-46H2,1-2H3,(H,47,53)(H,48,55)(H,49,54)(H,50,56)(H,58,59). The molecule has 16 nitrogen and oxygen atoms in total. The number of unbranched alkanes of at least 4 members (excludes halogenated alkanes) is 2. The fourth-order valence-electron chi connectivity index (χ4n) is 7.76. The van der Waals surface area contributed by atoms with E-state index >= 15 is 0 Å². The molecule has 16 heteroatoms. The third kappa shape index (κ3) is 15.0. The number of rotatable bonds is 25. The molecule has 0 radical (unpaired) electrons. The van der Waals surface area contributed by atoms with Gasteiger partial charge in [0.1, 0.15) is 24.2 Å². The van der Waals surface area contributed by atoms with Crippen LogP contribution in [0, 0.1) is 5.92 Å². The molecular formula is C43H65N9O7. The molecule has 2 aromatic rings. The largest absolute Gasteiger partial charge is 0.480 e. The molecule has 0 spiro atoms. The monoisotopic (exact) mass is 820 g/mol. The van der Waals surface area contributed by atoms with Gasteiger partial charge in [0.25, 0.3) is 0 Å². The number of carboxylic acids is 1. The zero-order chi connectivity index (χ0) is 42.9. The topological polar surface area (TPSA) is 255 Å². The summed E-state index contributed by atoms with van der Waals surface area (Å²) in [5.41, 5.74) is 19.3. The summed E-state index contributed by atoms with van der Waals surface area (Å²) < 4.78 is 0. The average Bonchev–Trinajstić information content (AvgIpc) is 3.20. The third-order valence-corrected chi connectivity index (χ3v) is 10.9. The highest BCUT2D eigenvalue weighted by atomic mass is 16.4. The summed E-state index contributed by atoms with van der Waals surface area (Å²) in [4.78, 5) is 83.1. The van der Waals surface area contributed by atoms with Gasteiger partial charge >= 0.3 is 5.97 Å². The number of carboxylic acid groups (broad SMARTS) is 1. The number of hydrogen-bond donors (Lipinski definition) is 8. The van der Waals surface area contributed by atoms with Gasteiger partial charge in [-0.15, -0.1) is 0 Å². The Kier molecular flexibility index (Phi) is 18.7. The van der Waals surface area contributed by atoms with Crippen molar-refractivity contribution in [3.05, 3.63) is 71.8 Å². The maximum atomic E-state index is 14.2. The number of benzene rings is 2. The number of carbonyl (C=O) groups excluding carboxylic acids is 5. The van der Waals surface area contributed by atoms with Crippen LogP contribution in [0.3, 0.4) is 0 Å². The van der Waals surface area contributed by atoms with Crippen molar-refractivity contribution in [3.63, 3.8) is 0 Å². The minimum Gasteiger partial charge on any atom is -0.480 e. The van der Waals surface area contributed by atoms with E-state index in [9.17, 15) is 28.8 Å². The van der Waals surface area contributed by atoms with Crippen LogP contribution in [0.15, 0.2) is 60.7 Å². The number of fused-ring (bicyclic) bond motifs is 2. The highest BCUT2D eigenvalue weighted by Crippen LogP contribution is 2.33. The predicted octanol–water partition coefficient (Wildman–Crippen LogP) is 0.412. The molecule has 324 valence electrons. The van der Waals surface area contributed by atoms with Gasteiger partial charge in [-0.2, -0.15) is 0 Å². The van der Waals surface area contributed by atoms with Crippen molar-refractivity contribution in [1.82, 2.24) is 31.1 Å². The number of hydrogen-bond acceptors (Lipinski definition) is 10. The molecule has 2 aliphatic rings. The van der Waals surface area contributed by atoms with Crippen molar-refractivity contribution in [2.45, 2.75) is 120 Å². The predicted molar refractivity (Wildman–Crippen MR) is 224 cm³/mol. The molecule has 4 rings (SSSR count). The Hall–Kier alpha value is -4.90. The zero-order valence-electron chi connectivity index (χ0n) is 34.5. The second-order valence-electron chi connectivity index (χ2n) is 16.4. The number of amides is 5. The van der Waals surface area contributed by atoms with E-state index in [4.69, 9.17) is 22.3 Å². The Labute approximate surface area is 347 Å². The summed E-state index contributed by atoms with van der Waals surface area (Å²) in [5.74, 6) is -2.89. The van der Waals surface area contributed by atoms with Crippen LogP contribution in [-0.4, -0.2) is 125 Å². The van der Waals surface area contributed by atoms with Crippen molar-refractivity contribution in [1.29, 1.82) is 0 Å². The Morgan fingerprint density at radius 2 is 1.27 bits per heavy atom. The summed E-state index contributed by atoms with van der Waals surface area (Å²) in [5, 5.41) is 20.5. The van der Waals surface area contributed by atoms with Crippen LogP contribution in [0.25, 0.3) is 0 Å². The first-order valence-electron chi connectivity index (χ1n) is 21.0. The van der Waals surface area contributed by atoms with Crippen molar-refractivity contribution < 1.29 is 33.9 Å². The van der Waals surface area contributed by atoms with Crippen LogP contribution in [0.5, 0.6) is 0 Å². The second-order valence-corrected chi connectivity index (χ2v) is 16.4. The lowest BCUT2D eigenvalue weighted by Gasteiger charge is -2.57. The average molecular weight is 820 g/mol. The van der Waals surface area contributed by atoms with Crippen LogP contribution < -0.4 is 38.5 Å². The molecule has 11 N–H and O–H groups in total. The lowest BCUT2D eigenvalue weighted by atomic mass is 9.86. The molecule has 2 aliphatic heterocycles. The lowest BCUT2D eigenvalue weighted by Crippen LogP contribution is -2.73. The highest BCUT2D eigenvalue weighted by Gasteiger charge is 2.49. The van der Waals surface area contributed by atoms with Gasteiger partial charge < -0.3 is 48.5 Å². The van der Waals surface area contributed by atoms with Gasteiger partial charge in [-0.05, 0) is 81.4 Å². The Balaban J connectivity index is 1.38. The molecule has 2 saturated heterocycles. The Bertz CT molecular complexity index is 1670. The van der Waals surface area contributed by atoms with E-state index in [1.807, 2.05) is 84.3 Å². The molecule has 2 aromatic carbocycles. The number of nitrogens with zero attached hydrogens (tertiary/aromatic N) is 2. The normalized spacial score (nSPS) is 18.7. The van der Waals surface area contributed by atoms with E-state index in [-0.39, 0.29) is 49.2 Å². The number of nitrogens with one attached hydrogen (secondary N) is 4. The van der Waals surface area contributed by atoms with Crippen LogP contribution in [0.4, 0.5) is 0 Å². The summed E-state index contributed by atoms with van der Waals surface area (Å²) in [6, 6.07) is 13.8. The third-order valence-electron chi connectivity index (χ3n) is 10.9. The van der Waals surface area contributed by atoms with E-state index in [0.29, 0.717) is 71.1 Å². The number of nitrogens with two attached hydrogens (primary N) is 3. The minimum absolute atomic E-state index is 0.00653. The smallest absolute Gasteiger partial charge is 0.320 e. The molecule has 59 heavy (non-hydrogen) atoms. The summed E-state index contributed by atoms with van der Waals surface area (Å²) in [7, 11) is 0. The van der Waals surface area contributed by atoms with Crippen LogP contribution in [0.2, 0.25) is 0 Å². The van der Waals surface area contributed by atoms with E-state index < -0.39 is 53.9 Å². The van der Waals surface area contributed by atoms with Crippen LogP contribution in [-0.2, 0) is 41.6 Å². The molecule has 2 bridgehead atoms.